The number of para-hydroxylation sites is 1. The molecule has 0 saturated heterocycles. The molecule has 0 amide bonds. The van der Waals surface area contributed by atoms with Crippen LogP contribution in [0.1, 0.15) is 43.0 Å². The van der Waals surface area contributed by atoms with Crippen molar-refractivity contribution in [3.05, 3.63) is 65.2 Å². The molecule has 0 aliphatic heterocycles. The summed E-state index contributed by atoms with van der Waals surface area (Å²) in [5, 5.41) is 12.9. The second kappa shape index (κ2) is 7.11. The van der Waals surface area contributed by atoms with Crippen molar-refractivity contribution in [3.8, 4) is 0 Å². The number of aliphatic hydroxyl groups is 1. The van der Waals surface area contributed by atoms with Gasteiger partial charge in [-0.1, -0.05) is 56.3 Å². The van der Waals surface area contributed by atoms with Gasteiger partial charge in [-0.05, 0) is 30.0 Å². The summed E-state index contributed by atoms with van der Waals surface area (Å²) in [4.78, 5) is 0. The molecule has 0 aliphatic carbocycles. The molecule has 2 rings (SSSR count). The number of aliphatic hydroxyl groups excluding tert-OH is 1. The molecule has 0 heterocycles. The number of nitrogens with one attached hydrogen (secondary N) is 1. The molecule has 0 radical (unpaired) electrons. The summed E-state index contributed by atoms with van der Waals surface area (Å²) in [5.41, 5.74) is 4.61. The van der Waals surface area contributed by atoms with E-state index in [9.17, 15) is 5.11 Å². The van der Waals surface area contributed by atoms with E-state index in [4.69, 9.17) is 0 Å². The molecular formula is C18H23NO. The van der Waals surface area contributed by atoms with E-state index in [2.05, 4.69) is 43.4 Å². The van der Waals surface area contributed by atoms with Gasteiger partial charge < -0.3 is 10.4 Å². The van der Waals surface area contributed by atoms with Crippen molar-refractivity contribution in [1.29, 1.82) is 0 Å². The SMILES string of the molecule is CCc1ccc(C(CC)Nc2ccccc2CO)cc1. The highest BCUT2D eigenvalue weighted by molar-refractivity contribution is 5.52. The summed E-state index contributed by atoms with van der Waals surface area (Å²) < 4.78 is 0. The van der Waals surface area contributed by atoms with Crippen LogP contribution < -0.4 is 5.32 Å². The molecule has 1 unspecified atom stereocenters. The van der Waals surface area contributed by atoms with E-state index in [1.807, 2.05) is 24.3 Å². The highest BCUT2D eigenvalue weighted by Crippen LogP contribution is 2.25. The molecule has 2 aromatic carbocycles. The Morgan fingerprint density at radius 2 is 1.70 bits per heavy atom. The molecule has 2 heteroatoms. The summed E-state index contributed by atoms with van der Waals surface area (Å²) in [6, 6.07) is 17.0. The first-order valence-corrected chi connectivity index (χ1v) is 7.32. The minimum atomic E-state index is 0.0639. The van der Waals surface area contributed by atoms with E-state index in [-0.39, 0.29) is 12.6 Å². The lowest BCUT2D eigenvalue weighted by Gasteiger charge is -2.21. The van der Waals surface area contributed by atoms with Gasteiger partial charge in [0, 0.05) is 11.3 Å². The van der Waals surface area contributed by atoms with E-state index in [0.717, 1.165) is 24.1 Å². The van der Waals surface area contributed by atoms with Gasteiger partial charge in [-0.2, -0.15) is 0 Å². The van der Waals surface area contributed by atoms with Crippen molar-refractivity contribution in [2.75, 3.05) is 5.32 Å². The average Bonchev–Trinajstić information content (AvgIpc) is 2.53. The molecule has 2 aromatic rings. The zero-order valence-corrected chi connectivity index (χ0v) is 12.3. The summed E-state index contributed by atoms with van der Waals surface area (Å²) in [6.45, 7) is 4.41. The third-order valence-electron chi connectivity index (χ3n) is 3.72. The van der Waals surface area contributed by atoms with E-state index >= 15 is 0 Å². The molecule has 0 bridgehead atoms. The van der Waals surface area contributed by atoms with Gasteiger partial charge in [0.25, 0.3) is 0 Å². The standard InChI is InChI=1S/C18H23NO/c1-3-14-9-11-15(12-10-14)17(4-2)19-18-8-6-5-7-16(18)13-20/h5-12,17,19-20H,3-4,13H2,1-2H3. The lowest BCUT2D eigenvalue weighted by atomic mass is 10.0. The highest BCUT2D eigenvalue weighted by atomic mass is 16.3. The van der Waals surface area contributed by atoms with Crippen LogP contribution in [0.3, 0.4) is 0 Å². The van der Waals surface area contributed by atoms with Gasteiger partial charge in [-0.3, -0.25) is 0 Å². The van der Waals surface area contributed by atoms with E-state index < -0.39 is 0 Å². The molecule has 2 N–H and O–H groups in total. The number of anilines is 1. The predicted molar refractivity (Wildman–Crippen MR) is 84.8 cm³/mol. The molecule has 106 valence electrons. The number of rotatable bonds is 6. The third kappa shape index (κ3) is 3.40. The normalized spacial score (nSPS) is 12.2. The lowest BCUT2D eigenvalue weighted by molar-refractivity contribution is 0.282. The fourth-order valence-corrected chi connectivity index (χ4v) is 2.39. The first kappa shape index (κ1) is 14.6. The molecule has 0 saturated carbocycles. The second-order valence-electron chi connectivity index (χ2n) is 5.02. The molecule has 0 aromatic heterocycles. The van der Waals surface area contributed by atoms with Crippen LogP contribution in [0, 0.1) is 0 Å². The van der Waals surface area contributed by atoms with Gasteiger partial charge in [0.05, 0.1) is 12.6 Å². The minimum Gasteiger partial charge on any atom is -0.392 e. The van der Waals surface area contributed by atoms with Gasteiger partial charge in [-0.15, -0.1) is 0 Å². The van der Waals surface area contributed by atoms with Gasteiger partial charge in [0.15, 0.2) is 0 Å². The molecule has 2 nitrogen and oxygen atoms in total. The summed E-state index contributed by atoms with van der Waals surface area (Å²) in [5.74, 6) is 0. The largest absolute Gasteiger partial charge is 0.392 e. The quantitative estimate of drug-likeness (QED) is 0.819. The molecule has 0 spiro atoms. The van der Waals surface area contributed by atoms with E-state index in [0.29, 0.717) is 0 Å². The Morgan fingerprint density at radius 1 is 1.00 bits per heavy atom. The maximum Gasteiger partial charge on any atom is 0.0701 e. The molecule has 20 heavy (non-hydrogen) atoms. The van der Waals surface area contributed by atoms with Crippen LogP contribution >= 0.6 is 0 Å². The predicted octanol–water partition coefficient (Wildman–Crippen LogP) is 4.30. The van der Waals surface area contributed by atoms with Crippen LogP contribution in [0.4, 0.5) is 5.69 Å². The molecular weight excluding hydrogens is 246 g/mol. The topological polar surface area (TPSA) is 32.3 Å². The number of hydrogen-bond acceptors (Lipinski definition) is 2. The Morgan fingerprint density at radius 3 is 2.30 bits per heavy atom. The van der Waals surface area contributed by atoms with Crippen LogP contribution in [0.2, 0.25) is 0 Å². The van der Waals surface area contributed by atoms with Crippen molar-refractivity contribution in [2.24, 2.45) is 0 Å². The molecule has 0 aliphatic rings. The van der Waals surface area contributed by atoms with Crippen LogP contribution in [-0.4, -0.2) is 5.11 Å². The van der Waals surface area contributed by atoms with Crippen molar-refractivity contribution >= 4 is 5.69 Å². The lowest BCUT2D eigenvalue weighted by Crippen LogP contribution is -2.11. The number of benzene rings is 2. The number of aryl methyl sites for hydroxylation is 1. The van der Waals surface area contributed by atoms with Crippen molar-refractivity contribution < 1.29 is 5.11 Å². The zero-order chi connectivity index (χ0) is 14.4. The smallest absolute Gasteiger partial charge is 0.0701 e. The Bertz CT molecular complexity index is 533. The maximum atomic E-state index is 9.40. The van der Waals surface area contributed by atoms with E-state index in [1.54, 1.807) is 0 Å². The Kier molecular flexibility index (Phi) is 5.19. The minimum absolute atomic E-state index is 0.0639. The average molecular weight is 269 g/mol. The zero-order valence-electron chi connectivity index (χ0n) is 12.3. The second-order valence-corrected chi connectivity index (χ2v) is 5.02. The van der Waals surface area contributed by atoms with Crippen LogP contribution in [0.5, 0.6) is 0 Å². The summed E-state index contributed by atoms with van der Waals surface area (Å²) >= 11 is 0. The van der Waals surface area contributed by atoms with E-state index in [1.165, 1.54) is 11.1 Å². The van der Waals surface area contributed by atoms with Crippen molar-refractivity contribution in [2.45, 2.75) is 39.3 Å². The fraction of sp³-hybridized carbons (Fsp3) is 0.333. The molecule has 0 fully saturated rings. The van der Waals surface area contributed by atoms with Gasteiger partial charge >= 0.3 is 0 Å². The van der Waals surface area contributed by atoms with Crippen LogP contribution in [0.15, 0.2) is 48.5 Å². The first-order valence-electron chi connectivity index (χ1n) is 7.32. The number of hydrogen-bond donors (Lipinski definition) is 2. The van der Waals surface area contributed by atoms with Crippen LogP contribution in [0.25, 0.3) is 0 Å². The third-order valence-corrected chi connectivity index (χ3v) is 3.72. The van der Waals surface area contributed by atoms with Crippen LogP contribution in [-0.2, 0) is 13.0 Å². The highest BCUT2D eigenvalue weighted by Gasteiger charge is 2.10. The summed E-state index contributed by atoms with van der Waals surface area (Å²) in [6.07, 6.45) is 2.07. The van der Waals surface area contributed by atoms with Gasteiger partial charge in [-0.25, -0.2) is 0 Å². The maximum absolute atomic E-state index is 9.40. The Labute approximate surface area is 121 Å². The Balaban J connectivity index is 2.19. The summed E-state index contributed by atoms with van der Waals surface area (Å²) in [7, 11) is 0. The van der Waals surface area contributed by atoms with Gasteiger partial charge in [0.2, 0.25) is 0 Å². The first-order chi connectivity index (χ1) is 9.78. The Hall–Kier alpha value is -1.80. The van der Waals surface area contributed by atoms with Crippen molar-refractivity contribution in [1.82, 2.24) is 0 Å². The van der Waals surface area contributed by atoms with Gasteiger partial charge in [0.1, 0.15) is 0 Å². The fourth-order valence-electron chi connectivity index (χ4n) is 2.39. The monoisotopic (exact) mass is 269 g/mol. The molecule has 1 atom stereocenters. The van der Waals surface area contributed by atoms with Crippen molar-refractivity contribution in [3.63, 3.8) is 0 Å².